The monoisotopic (exact) mass is 394 g/mol. The number of β-amino-alcohol motifs (C(OH)–C–C–N with tert-alkyl or cyclic N) is 1. The second-order valence-corrected chi connectivity index (χ2v) is 7.34. The van der Waals surface area contributed by atoms with Crippen LogP contribution in [0.3, 0.4) is 0 Å². The molecule has 2 amide bonds. The van der Waals surface area contributed by atoms with Crippen molar-refractivity contribution >= 4 is 11.8 Å². The second-order valence-electron chi connectivity index (χ2n) is 7.34. The Morgan fingerprint density at radius 2 is 1.90 bits per heavy atom. The summed E-state index contributed by atoms with van der Waals surface area (Å²) in [6.45, 7) is 3.00. The molecule has 3 rings (SSSR count). The summed E-state index contributed by atoms with van der Waals surface area (Å²) < 4.78 is 0. The molecule has 1 fully saturated rings. The number of aromatic nitrogens is 1. The topological polar surface area (TPSA) is 100 Å². The van der Waals surface area contributed by atoms with Crippen molar-refractivity contribution in [2.75, 3.05) is 26.2 Å². The van der Waals surface area contributed by atoms with E-state index >= 15 is 0 Å². The van der Waals surface area contributed by atoms with E-state index in [4.69, 9.17) is 5.26 Å². The number of hydrogen-bond donors (Lipinski definition) is 2. The van der Waals surface area contributed by atoms with Gasteiger partial charge in [-0.3, -0.25) is 9.59 Å². The molecule has 1 aromatic heterocycles. The Hall–Kier alpha value is -3.11. The lowest BCUT2D eigenvalue weighted by molar-refractivity contribution is -0.132. The van der Waals surface area contributed by atoms with E-state index in [0.717, 1.165) is 17.0 Å². The number of aliphatic hydroxyl groups is 1. The van der Waals surface area contributed by atoms with Crippen molar-refractivity contribution in [2.24, 2.45) is 0 Å². The van der Waals surface area contributed by atoms with E-state index < -0.39 is 6.10 Å². The number of carbonyl (C=O) groups is 2. The van der Waals surface area contributed by atoms with Crippen LogP contribution in [0.25, 0.3) is 11.3 Å². The Morgan fingerprint density at radius 1 is 1.21 bits per heavy atom. The summed E-state index contributed by atoms with van der Waals surface area (Å²) in [5, 5.41) is 19.0. The second kappa shape index (κ2) is 9.39. The van der Waals surface area contributed by atoms with Crippen molar-refractivity contribution in [1.82, 2.24) is 14.8 Å². The first-order chi connectivity index (χ1) is 14.0. The fraction of sp³-hybridized carbons (Fsp3) is 0.409. The molecule has 152 valence electrons. The number of nitrogens with zero attached hydrogens (tertiary/aromatic N) is 3. The van der Waals surface area contributed by atoms with Gasteiger partial charge in [0.15, 0.2) is 0 Å². The Bertz CT molecular complexity index is 901. The van der Waals surface area contributed by atoms with Crippen molar-refractivity contribution in [3.63, 3.8) is 0 Å². The molecule has 7 heteroatoms. The maximum absolute atomic E-state index is 13.1. The van der Waals surface area contributed by atoms with Crippen molar-refractivity contribution in [1.29, 1.82) is 5.26 Å². The molecule has 1 unspecified atom stereocenters. The third-order valence-corrected chi connectivity index (χ3v) is 5.15. The van der Waals surface area contributed by atoms with Gasteiger partial charge in [-0.15, -0.1) is 0 Å². The van der Waals surface area contributed by atoms with Crippen LogP contribution in [-0.4, -0.2) is 64.0 Å². The van der Waals surface area contributed by atoms with Gasteiger partial charge in [0.25, 0.3) is 5.91 Å². The van der Waals surface area contributed by atoms with Crippen LogP contribution in [0.15, 0.2) is 36.4 Å². The van der Waals surface area contributed by atoms with Gasteiger partial charge < -0.3 is 19.9 Å². The SMILES string of the molecule is Cc1[nH]c(-c2ccccc2)cc1C(=O)N1CCN(C(=O)CCCC#N)CC(O)C1. The Labute approximate surface area is 170 Å². The first-order valence-corrected chi connectivity index (χ1v) is 9.86. The highest BCUT2D eigenvalue weighted by atomic mass is 16.3. The molecule has 1 aromatic carbocycles. The molecule has 1 saturated heterocycles. The maximum Gasteiger partial charge on any atom is 0.255 e. The molecular formula is C22H26N4O3. The maximum atomic E-state index is 13.1. The zero-order valence-electron chi connectivity index (χ0n) is 16.6. The number of unbranched alkanes of at least 4 members (excludes halogenated alkanes) is 1. The van der Waals surface area contributed by atoms with E-state index in [2.05, 4.69) is 4.98 Å². The number of aliphatic hydroxyl groups excluding tert-OH is 1. The number of carbonyl (C=O) groups excluding carboxylic acids is 2. The van der Waals surface area contributed by atoms with Crippen molar-refractivity contribution in [3.05, 3.63) is 47.7 Å². The Balaban J connectivity index is 1.69. The van der Waals surface area contributed by atoms with Gasteiger partial charge in [0.05, 0.1) is 17.7 Å². The van der Waals surface area contributed by atoms with Gasteiger partial charge in [0.1, 0.15) is 0 Å². The molecule has 0 saturated carbocycles. The minimum atomic E-state index is -0.797. The molecule has 0 radical (unpaired) electrons. The summed E-state index contributed by atoms with van der Waals surface area (Å²) in [6, 6.07) is 13.7. The minimum Gasteiger partial charge on any atom is -0.389 e. The molecular weight excluding hydrogens is 368 g/mol. The van der Waals surface area contributed by atoms with Crippen molar-refractivity contribution in [2.45, 2.75) is 32.3 Å². The van der Waals surface area contributed by atoms with Crippen LogP contribution in [0.2, 0.25) is 0 Å². The molecule has 29 heavy (non-hydrogen) atoms. The summed E-state index contributed by atoms with van der Waals surface area (Å²) in [7, 11) is 0. The first kappa shape index (κ1) is 20.6. The van der Waals surface area contributed by atoms with Gasteiger partial charge in [-0.2, -0.15) is 5.26 Å². The van der Waals surface area contributed by atoms with E-state index in [-0.39, 0.29) is 31.3 Å². The average molecular weight is 394 g/mol. The molecule has 2 N–H and O–H groups in total. The van der Waals surface area contributed by atoms with Crippen LogP contribution < -0.4 is 0 Å². The molecule has 1 atom stereocenters. The number of benzene rings is 1. The highest BCUT2D eigenvalue weighted by Crippen LogP contribution is 2.23. The van der Waals surface area contributed by atoms with Gasteiger partial charge in [0.2, 0.25) is 5.91 Å². The minimum absolute atomic E-state index is 0.0854. The van der Waals surface area contributed by atoms with Crippen LogP contribution in [0, 0.1) is 18.3 Å². The van der Waals surface area contributed by atoms with E-state index in [1.807, 2.05) is 49.4 Å². The fourth-order valence-electron chi connectivity index (χ4n) is 3.60. The predicted molar refractivity (Wildman–Crippen MR) is 109 cm³/mol. The Kier molecular flexibility index (Phi) is 6.68. The summed E-state index contributed by atoms with van der Waals surface area (Å²) in [4.78, 5) is 31.9. The third-order valence-electron chi connectivity index (χ3n) is 5.15. The van der Waals surface area contributed by atoms with Crippen LogP contribution >= 0.6 is 0 Å². The summed E-state index contributed by atoms with van der Waals surface area (Å²) in [5.41, 5.74) is 3.22. The normalized spacial score (nSPS) is 16.9. The standard InChI is InChI=1S/C22H26N4O3/c1-16-19(13-20(24-16)17-7-3-2-4-8-17)22(29)26-12-11-25(14-18(27)15-26)21(28)9-5-6-10-23/h2-4,7-8,13,18,24,27H,5-6,9,11-12,14-15H2,1H3. The lowest BCUT2D eigenvalue weighted by atomic mass is 10.1. The lowest BCUT2D eigenvalue weighted by Gasteiger charge is -2.22. The number of nitrogens with one attached hydrogen (secondary N) is 1. The zero-order valence-corrected chi connectivity index (χ0v) is 16.6. The van der Waals surface area contributed by atoms with Crippen molar-refractivity contribution < 1.29 is 14.7 Å². The molecule has 0 bridgehead atoms. The number of H-pyrrole nitrogens is 1. The lowest BCUT2D eigenvalue weighted by Crippen LogP contribution is -2.37. The average Bonchev–Trinajstić information content (AvgIpc) is 3.00. The van der Waals surface area contributed by atoms with Gasteiger partial charge in [0, 0.05) is 50.4 Å². The first-order valence-electron chi connectivity index (χ1n) is 9.86. The van der Waals surface area contributed by atoms with E-state index in [1.54, 1.807) is 9.80 Å². The molecule has 7 nitrogen and oxygen atoms in total. The van der Waals surface area contributed by atoms with Gasteiger partial charge in [-0.1, -0.05) is 30.3 Å². The van der Waals surface area contributed by atoms with E-state index in [9.17, 15) is 14.7 Å². The van der Waals surface area contributed by atoms with Gasteiger partial charge >= 0.3 is 0 Å². The van der Waals surface area contributed by atoms with Crippen LogP contribution in [0.5, 0.6) is 0 Å². The molecule has 1 aliphatic heterocycles. The smallest absolute Gasteiger partial charge is 0.255 e. The Morgan fingerprint density at radius 3 is 2.62 bits per heavy atom. The van der Waals surface area contributed by atoms with E-state index in [0.29, 0.717) is 31.5 Å². The number of rotatable bonds is 5. The quantitative estimate of drug-likeness (QED) is 0.760. The fourth-order valence-corrected chi connectivity index (χ4v) is 3.60. The highest BCUT2D eigenvalue weighted by molar-refractivity contribution is 5.97. The molecule has 0 spiro atoms. The molecule has 2 heterocycles. The van der Waals surface area contributed by atoms with Gasteiger partial charge in [-0.05, 0) is 25.0 Å². The summed E-state index contributed by atoms with van der Waals surface area (Å²) in [6.07, 6.45) is 0.332. The summed E-state index contributed by atoms with van der Waals surface area (Å²) in [5.74, 6) is -0.239. The largest absolute Gasteiger partial charge is 0.389 e. The van der Waals surface area contributed by atoms with Crippen molar-refractivity contribution in [3.8, 4) is 17.3 Å². The number of aryl methyl sites for hydroxylation is 1. The molecule has 0 aliphatic carbocycles. The number of amides is 2. The molecule has 1 aliphatic rings. The summed E-state index contributed by atoms with van der Waals surface area (Å²) >= 11 is 0. The van der Waals surface area contributed by atoms with E-state index in [1.165, 1.54) is 0 Å². The van der Waals surface area contributed by atoms with Crippen LogP contribution in [0.1, 0.15) is 35.3 Å². The number of aromatic amines is 1. The number of hydrogen-bond acceptors (Lipinski definition) is 4. The predicted octanol–water partition coefficient (Wildman–Crippen LogP) is 2.33. The zero-order chi connectivity index (χ0) is 20.8. The molecule has 2 aromatic rings. The van der Waals surface area contributed by atoms with Crippen LogP contribution in [0.4, 0.5) is 0 Å². The number of nitriles is 1. The van der Waals surface area contributed by atoms with Crippen LogP contribution in [-0.2, 0) is 4.79 Å². The van der Waals surface area contributed by atoms with Gasteiger partial charge in [-0.25, -0.2) is 0 Å². The third kappa shape index (κ3) is 5.04. The highest BCUT2D eigenvalue weighted by Gasteiger charge is 2.28.